The number of hydrogen-bond acceptors (Lipinski definition) is 3. The van der Waals surface area contributed by atoms with Gasteiger partial charge < -0.3 is 15.3 Å². The van der Waals surface area contributed by atoms with Crippen molar-refractivity contribution in [2.24, 2.45) is 0 Å². The predicted molar refractivity (Wildman–Crippen MR) is 76.1 cm³/mol. The molecule has 114 valence electrons. The van der Waals surface area contributed by atoms with Crippen LogP contribution in [-0.2, 0) is 4.79 Å². The summed E-state index contributed by atoms with van der Waals surface area (Å²) in [7, 11) is 0. The molecule has 4 heteroatoms. The highest BCUT2D eigenvalue weighted by molar-refractivity contribution is 5.66. The van der Waals surface area contributed by atoms with E-state index < -0.39 is 5.97 Å². The molecule has 0 aliphatic carbocycles. The average Bonchev–Trinajstić information content (AvgIpc) is 2.38. The summed E-state index contributed by atoms with van der Waals surface area (Å²) >= 11 is 0. The Morgan fingerprint density at radius 2 is 1.37 bits per heavy atom. The molecule has 19 heavy (non-hydrogen) atoms. The van der Waals surface area contributed by atoms with Gasteiger partial charge in [-0.25, -0.2) is 0 Å². The van der Waals surface area contributed by atoms with E-state index in [0.29, 0.717) is 12.8 Å². The number of carboxylic acid groups (broad SMARTS) is 1. The molecule has 0 saturated heterocycles. The molecule has 4 nitrogen and oxygen atoms in total. The van der Waals surface area contributed by atoms with Crippen LogP contribution >= 0.6 is 0 Å². The SMILES string of the molecule is CCC(O)CCC(O)CCCCCCCCC(=O)O. The summed E-state index contributed by atoms with van der Waals surface area (Å²) in [6, 6.07) is 0. The van der Waals surface area contributed by atoms with Gasteiger partial charge in [0.15, 0.2) is 0 Å². The highest BCUT2D eigenvalue weighted by atomic mass is 16.4. The zero-order valence-electron chi connectivity index (χ0n) is 12.2. The van der Waals surface area contributed by atoms with Gasteiger partial charge in [0, 0.05) is 6.42 Å². The monoisotopic (exact) mass is 274 g/mol. The molecule has 0 aliphatic heterocycles. The van der Waals surface area contributed by atoms with Crippen LogP contribution in [-0.4, -0.2) is 33.5 Å². The molecule has 2 unspecified atom stereocenters. The smallest absolute Gasteiger partial charge is 0.303 e. The van der Waals surface area contributed by atoms with Gasteiger partial charge in [-0.05, 0) is 32.1 Å². The van der Waals surface area contributed by atoms with Gasteiger partial charge in [-0.2, -0.15) is 0 Å². The van der Waals surface area contributed by atoms with Crippen molar-refractivity contribution in [1.29, 1.82) is 0 Å². The van der Waals surface area contributed by atoms with Crippen molar-refractivity contribution >= 4 is 5.97 Å². The second-order valence-corrected chi connectivity index (χ2v) is 5.35. The maximum atomic E-state index is 10.3. The Morgan fingerprint density at radius 3 is 1.95 bits per heavy atom. The summed E-state index contributed by atoms with van der Waals surface area (Å²) in [5.41, 5.74) is 0. The molecule has 0 heterocycles. The molecule has 2 atom stereocenters. The molecule has 0 spiro atoms. The van der Waals surface area contributed by atoms with Crippen molar-refractivity contribution in [1.82, 2.24) is 0 Å². The van der Waals surface area contributed by atoms with Crippen LogP contribution in [0.4, 0.5) is 0 Å². The van der Waals surface area contributed by atoms with Gasteiger partial charge >= 0.3 is 5.97 Å². The predicted octanol–water partition coefficient (Wildman–Crippen LogP) is 3.10. The molecule has 0 rings (SSSR count). The second-order valence-electron chi connectivity index (χ2n) is 5.35. The van der Waals surface area contributed by atoms with Gasteiger partial charge in [-0.15, -0.1) is 0 Å². The molecule has 0 aromatic rings. The van der Waals surface area contributed by atoms with Crippen LogP contribution in [0.15, 0.2) is 0 Å². The summed E-state index contributed by atoms with van der Waals surface area (Å²) in [4.78, 5) is 10.3. The molecule has 0 bridgehead atoms. The molecule has 0 amide bonds. The third kappa shape index (κ3) is 13.6. The van der Waals surface area contributed by atoms with E-state index >= 15 is 0 Å². The number of hydrogen-bond donors (Lipinski definition) is 3. The van der Waals surface area contributed by atoms with E-state index in [-0.39, 0.29) is 18.6 Å². The third-order valence-electron chi connectivity index (χ3n) is 3.48. The van der Waals surface area contributed by atoms with E-state index in [9.17, 15) is 15.0 Å². The van der Waals surface area contributed by atoms with Gasteiger partial charge in [0.05, 0.1) is 12.2 Å². The largest absolute Gasteiger partial charge is 0.481 e. The van der Waals surface area contributed by atoms with E-state index in [2.05, 4.69) is 0 Å². The molecular weight excluding hydrogens is 244 g/mol. The fraction of sp³-hybridized carbons (Fsp3) is 0.933. The zero-order valence-corrected chi connectivity index (χ0v) is 12.2. The third-order valence-corrected chi connectivity index (χ3v) is 3.48. The first kappa shape index (κ1) is 18.4. The van der Waals surface area contributed by atoms with Crippen molar-refractivity contribution in [3.8, 4) is 0 Å². The summed E-state index contributed by atoms with van der Waals surface area (Å²) in [5, 5.41) is 27.6. The Hall–Kier alpha value is -0.610. The van der Waals surface area contributed by atoms with Crippen LogP contribution in [0.1, 0.15) is 77.6 Å². The Balaban J connectivity index is 3.22. The molecule has 3 N–H and O–H groups in total. The van der Waals surface area contributed by atoms with Crippen molar-refractivity contribution in [3.63, 3.8) is 0 Å². The van der Waals surface area contributed by atoms with Gasteiger partial charge in [0.1, 0.15) is 0 Å². The lowest BCUT2D eigenvalue weighted by molar-refractivity contribution is -0.137. The fourth-order valence-electron chi connectivity index (χ4n) is 2.10. The van der Waals surface area contributed by atoms with Crippen molar-refractivity contribution in [3.05, 3.63) is 0 Å². The van der Waals surface area contributed by atoms with Crippen LogP contribution in [0.3, 0.4) is 0 Å². The zero-order chi connectivity index (χ0) is 14.5. The van der Waals surface area contributed by atoms with Gasteiger partial charge in [-0.3, -0.25) is 4.79 Å². The number of rotatable bonds is 13. The number of aliphatic hydroxyl groups excluding tert-OH is 2. The molecule has 0 radical (unpaired) electrons. The van der Waals surface area contributed by atoms with Crippen LogP contribution in [0, 0.1) is 0 Å². The first-order valence-electron chi connectivity index (χ1n) is 7.64. The van der Waals surface area contributed by atoms with Crippen molar-refractivity contribution in [2.45, 2.75) is 89.8 Å². The van der Waals surface area contributed by atoms with E-state index in [1.807, 2.05) is 6.92 Å². The lowest BCUT2D eigenvalue weighted by Crippen LogP contribution is -2.12. The fourth-order valence-corrected chi connectivity index (χ4v) is 2.10. The minimum absolute atomic E-state index is 0.274. The topological polar surface area (TPSA) is 77.8 Å². The van der Waals surface area contributed by atoms with Crippen LogP contribution in [0.25, 0.3) is 0 Å². The molecule has 0 aromatic heterocycles. The molecule has 0 saturated carbocycles. The number of carboxylic acids is 1. The number of unbranched alkanes of at least 4 members (excludes halogenated alkanes) is 5. The first-order valence-corrected chi connectivity index (χ1v) is 7.64. The number of aliphatic hydroxyl groups is 2. The van der Waals surface area contributed by atoms with Gasteiger partial charge in [0.2, 0.25) is 0 Å². The summed E-state index contributed by atoms with van der Waals surface area (Å²) < 4.78 is 0. The van der Waals surface area contributed by atoms with E-state index in [1.54, 1.807) is 0 Å². The summed E-state index contributed by atoms with van der Waals surface area (Å²) in [5.74, 6) is -0.711. The first-order chi connectivity index (χ1) is 9.06. The van der Waals surface area contributed by atoms with Crippen molar-refractivity contribution in [2.75, 3.05) is 0 Å². The molecule has 0 fully saturated rings. The van der Waals surface area contributed by atoms with E-state index in [0.717, 1.165) is 51.4 Å². The highest BCUT2D eigenvalue weighted by Gasteiger charge is 2.07. The molecule has 0 aromatic carbocycles. The minimum atomic E-state index is -0.711. The highest BCUT2D eigenvalue weighted by Crippen LogP contribution is 2.13. The lowest BCUT2D eigenvalue weighted by Gasteiger charge is -2.12. The van der Waals surface area contributed by atoms with Gasteiger partial charge in [0.25, 0.3) is 0 Å². The Labute approximate surface area is 116 Å². The minimum Gasteiger partial charge on any atom is -0.481 e. The van der Waals surface area contributed by atoms with E-state index in [4.69, 9.17) is 5.11 Å². The summed E-state index contributed by atoms with van der Waals surface area (Å²) in [6.07, 6.45) is 8.72. The Kier molecular flexibility index (Phi) is 12.0. The standard InChI is InChI=1S/C15H30O4/c1-2-13(16)11-12-14(17)9-7-5-3-4-6-8-10-15(18)19/h13-14,16-17H,2-12H2,1H3,(H,18,19). The van der Waals surface area contributed by atoms with Crippen LogP contribution in [0.5, 0.6) is 0 Å². The summed E-state index contributed by atoms with van der Waals surface area (Å²) in [6.45, 7) is 1.95. The lowest BCUT2D eigenvalue weighted by atomic mass is 10.0. The molecule has 0 aliphatic rings. The maximum Gasteiger partial charge on any atom is 0.303 e. The van der Waals surface area contributed by atoms with Crippen molar-refractivity contribution < 1.29 is 20.1 Å². The molecular formula is C15H30O4. The Bertz CT molecular complexity index is 218. The normalized spacial score (nSPS) is 14.3. The number of carbonyl (C=O) groups is 1. The Morgan fingerprint density at radius 1 is 0.842 bits per heavy atom. The second kappa shape index (κ2) is 12.4. The van der Waals surface area contributed by atoms with Crippen LogP contribution < -0.4 is 0 Å². The number of aliphatic carboxylic acids is 1. The maximum absolute atomic E-state index is 10.3. The van der Waals surface area contributed by atoms with Crippen LogP contribution in [0.2, 0.25) is 0 Å². The van der Waals surface area contributed by atoms with E-state index in [1.165, 1.54) is 0 Å². The van der Waals surface area contributed by atoms with Gasteiger partial charge in [-0.1, -0.05) is 39.0 Å². The quantitative estimate of drug-likeness (QED) is 0.451. The average molecular weight is 274 g/mol.